The summed E-state index contributed by atoms with van der Waals surface area (Å²) in [7, 11) is -8.59. The van der Waals surface area contributed by atoms with Gasteiger partial charge in [0.1, 0.15) is 9.76 Å². The fourth-order valence-electron chi connectivity index (χ4n) is 1.38. The minimum absolute atomic E-state index is 0.384. The molecule has 0 aliphatic carbocycles. The number of rotatable bonds is 11. The second-order valence-electron chi connectivity index (χ2n) is 5.43. The van der Waals surface area contributed by atoms with Gasteiger partial charge in [-0.05, 0) is 45.8 Å². The van der Waals surface area contributed by atoms with Crippen LogP contribution in [0.15, 0.2) is 0 Å². The van der Waals surface area contributed by atoms with Crippen LogP contribution in [-0.2, 0) is 25.6 Å². The van der Waals surface area contributed by atoms with Crippen LogP contribution >= 0.6 is 0 Å². The molecule has 0 rings (SSSR count). The Morgan fingerprint density at radius 1 is 0.750 bits per heavy atom. The van der Waals surface area contributed by atoms with E-state index in [-0.39, 0.29) is 9.76 Å². The van der Waals surface area contributed by atoms with Crippen molar-refractivity contribution >= 4 is 55.2 Å². The van der Waals surface area contributed by atoms with E-state index in [1.165, 1.54) is 0 Å². The first-order valence-corrected chi connectivity index (χ1v) is 20.9. The molecule has 0 aromatic carbocycles. The van der Waals surface area contributed by atoms with E-state index in [0.29, 0.717) is 0 Å². The highest BCUT2D eigenvalue weighted by Gasteiger charge is 2.23. The van der Waals surface area contributed by atoms with Gasteiger partial charge in [0.25, 0.3) is 27.9 Å². The van der Waals surface area contributed by atoms with E-state index in [1.54, 1.807) is 0 Å². The van der Waals surface area contributed by atoms with E-state index in [0.717, 1.165) is 0 Å². The molecule has 4 atom stereocenters. The van der Waals surface area contributed by atoms with Crippen molar-refractivity contribution in [1.29, 1.82) is 0 Å². The first-order chi connectivity index (χ1) is 9.14. The molecular formula is C8H30O6Si6. The summed E-state index contributed by atoms with van der Waals surface area (Å²) in [4.78, 5) is 0. The molecule has 0 N–H and O–H groups in total. The average molecular weight is 391 g/mol. The zero-order valence-corrected chi connectivity index (χ0v) is 21.0. The molecule has 4 unspecified atom stereocenters. The quantitative estimate of drug-likeness (QED) is 0.289. The van der Waals surface area contributed by atoms with E-state index in [1.807, 2.05) is 19.6 Å². The summed E-state index contributed by atoms with van der Waals surface area (Å²) in [6.07, 6.45) is 0. The standard InChI is InChI=1S/C8H30O6Si6/c1-15-11-17(3)13-19(5)14-18(4)12-16(2)9-10-20(6,7)8/h16-19H,15H2,1-8H3. The van der Waals surface area contributed by atoms with Gasteiger partial charge in [0, 0.05) is 0 Å². The Kier molecular flexibility index (Phi) is 11.3. The summed E-state index contributed by atoms with van der Waals surface area (Å²) < 4.78 is 33.9. The summed E-state index contributed by atoms with van der Waals surface area (Å²) >= 11 is 0. The Morgan fingerprint density at radius 3 is 1.65 bits per heavy atom. The van der Waals surface area contributed by atoms with Crippen molar-refractivity contribution in [3.8, 4) is 0 Å². The maximum Gasteiger partial charge on any atom is 0.346 e. The third kappa shape index (κ3) is 12.8. The van der Waals surface area contributed by atoms with Crippen molar-refractivity contribution < 1.29 is 25.6 Å². The van der Waals surface area contributed by atoms with E-state index >= 15 is 0 Å². The van der Waals surface area contributed by atoms with Gasteiger partial charge in [0.2, 0.25) is 8.32 Å². The van der Waals surface area contributed by atoms with E-state index in [2.05, 4.69) is 32.7 Å². The Bertz CT molecular complexity index is 254. The van der Waals surface area contributed by atoms with Gasteiger partial charge in [-0.3, -0.25) is 9.15 Å². The SMILES string of the molecule is C[SiH2]O[SiH](C)O[SiH](C)O[SiH](C)O[SiH](C)OO[Si](C)(C)C. The third-order valence-electron chi connectivity index (χ3n) is 1.98. The molecule has 0 heterocycles. The molecule has 0 saturated carbocycles. The molecule has 0 amide bonds. The molecule has 0 bridgehead atoms. The second kappa shape index (κ2) is 10.7. The Morgan fingerprint density at radius 2 is 1.20 bits per heavy atom. The van der Waals surface area contributed by atoms with Crippen LogP contribution < -0.4 is 0 Å². The minimum atomic E-state index is -1.76. The molecule has 122 valence electrons. The number of hydrogen-bond acceptors (Lipinski definition) is 6. The van der Waals surface area contributed by atoms with Crippen molar-refractivity contribution in [3.63, 3.8) is 0 Å². The lowest BCUT2D eigenvalue weighted by molar-refractivity contribution is -0.129. The van der Waals surface area contributed by atoms with Crippen LogP contribution in [0, 0.1) is 0 Å². The van der Waals surface area contributed by atoms with Gasteiger partial charge >= 0.3 is 9.28 Å². The molecule has 0 spiro atoms. The molecule has 0 radical (unpaired) electrons. The lowest BCUT2D eigenvalue weighted by atomic mass is 11.8. The van der Waals surface area contributed by atoms with Crippen molar-refractivity contribution in [2.75, 3.05) is 0 Å². The van der Waals surface area contributed by atoms with E-state index in [4.69, 9.17) is 25.6 Å². The maximum absolute atomic E-state index is 5.88. The average Bonchev–Trinajstić information content (AvgIpc) is 2.24. The first-order valence-electron chi connectivity index (χ1n) is 7.06. The fourth-order valence-corrected chi connectivity index (χ4v) is 14.3. The summed E-state index contributed by atoms with van der Waals surface area (Å²) in [5.41, 5.74) is 0. The predicted octanol–water partition coefficient (Wildman–Crippen LogP) is 0.369. The van der Waals surface area contributed by atoms with Gasteiger partial charge < -0.3 is 16.5 Å². The second-order valence-corrected chi connectivity index (χ2v) is 19.7. The van der Waals surface area contributed by atoms with Gasteiger partial charge in [0.15, 0.2) is 0 Å². The molecular weight excluding hydrogens is 361 g/mol. The topological polar surface area (TPSA) is 55.4 Å². The smallest absolute Gasteiger partial charge is 0.346 e. The van der Waals surface area contributed by atoms with Crippen LogP contribution in [0.5, 0.6) is 0 Å². The zero-order chi connectivity index (χ0) is 15.8. The molecule has 0 aromatic heterocycles. The molecule has 0 aliphatic heterocycles. The Hall–Kier alpha value is 1.06. The molecule has 6 nitrogen and oxygen atoms in total. The molecule has 0 aliphatic rings. The van der Waals surface area contributed by atoms with Crippen molar-refractivity contribution in [1.82, 2.24) is 0 Å². The van der Waals surface area contributed by atoms with Gasteiger partial charge in [-0.15, -0.1) is 0 Å². The van der Waals surface area contributed by atoms with Crippen LogP contribution in [-0.4, -0.2) is 55.2 Å². The molecule has 20 heavy (non-hydrogen) atoms. The monoisotopic (exact) mass is 390 g/mol. The van der Waals surface area contributed by atoms with Gasteiger partial charge in [-0.25, -0.2) is 0 Å². The highest BCUT2D eigenvalue weighted by atomic mass is 28.4. The lowest BCUT2D eigenvalue weighted by Gasteiger charge is -2.24. The summed E-state index contributed by atoms with van der Waals surface area (Å²) in [5.74, 6) is 0. The van der Waals surface area contributed by atoms with Crippen LogP contribution in [0.25, 0.3) is 0 Å². The highest BCUT2D eigenvalue weighted by molar-refractivity contribution is 6.70. The van der Waals surface area contributed by atoms with Crippen LogP contribution in [0.4, 0.5) is 0 Å². The molecule has 12 heteroatoms. The van der Waals surface area contributed by atoms with Crippen molar-refractivity contribution in [2.24, 2.45) is 0 Å². The van der Waals surface area contributed by atoms with Crippen molar-refractivity contribution in [3.05, 3.63) is 0 Å². The normalized spacial score (nSPS) is 19.2. The third-order valence-corrected chi connectivity index (χ3v) is 15.6. The predicted molar refractivity (Wildman–Crippen MR) is 96.3 cm³/mol. The molecule has 0 saturated heterocycles. The summed E-state index contributed by atoms with van der Waals surface area (Å²) in [6, 6.07) is 0. The maximum atomic E-state index is 5.88. The fraction of sp³-hybridized carbons (Fsp3) is 1.00. The Labute approximate surface area is 133 Å². The van der Waals surface area contributed by atoms with Crippen LogP contribution in [0.2, 0.25) is 52.4 Å². The molecule has 0 fully saturated rings. The minimum Gasteiger partial charge on any atom is -0.444 e. The number of hydrogen-bond donors (Lipinski definition) is 0. The Balaban J connectivity index is 3.88. The largest absolute Gasteiger partial charge is 0.444 e. The van der Waals surface area contributed by atoms with Crippen LogP contribution in [0.1, 0.15) is 0 Å². The first kappa shape index (κ1) is 21.1. The van der Waals surface area contributed by atoms with Crippen LogP contribution in [0.3, 0.4) is 0 Å². The summed E-state index contributed by atoms with van der Waals surface area (Å²) in [5, 5.41) is 0. The molecule has 0 aromatic rings. The van der Waals surface area contributed by atoms with Gasteiger partial charge in [-0.1, -0.05) is 6.55 Å². The lowest BCUT2D eigenvalue weighted by Crippen LogP contribution is -2.39. The van der Waals surface area contributed by atoms with Gasteiger partial charge in [0.05, 0.1) is 0 Å². The zero-order valence-electron chi connectivity index (χ0n) is 14.0. The summed E-state index contributed by atoms with van der Waals surface area (Å²) in [6.45, 7) is 16.4. The highest BCUT2D eigenvalue weighted by Crippen LogP contribution is 2.06. The van der Waals surface area contributed by atoms with E-state index in [9.17, 15) is 0 Å². The van der Waals surface area contributed by atoms with Gasteiger partial charge in [-0.2, -0.15) is 0 Å². The van der Waals surface area contributed by atoms with Crippen molar-refractivity contribution in [2.45, 2.75) is 52.4 Å². The van der Waals surface area contributed by atoms with E-state index < -0.39 is 45.5 Å².